The molecule has 1 fully saturated rings. The minimum atomic E-state index is -1.12. The first-order valence-corrected chi connectivity index (χ1v) is 10.4. The van der Waals surface area contributed by atoms with Crippen LogP contribution in [-0.2, 0) is 20.8 Å². The molecule has 0 spiro atoms. The van der Waals surface area contributed by atoms with Crippen molar-refractivity contribution in [3.8, 4) is 11.5 Å². The molecule has 9 heteroatoms. The van der Waals surface area contributed by atoms with Gasteiger partial charge in [-0.15, -0.1) is 0 Å². The van der Waals surface area contributed by atoms with E-state index in [4.69, 9.17) is 26.8 Å². The molecule has 0 atom stereocenters. The summed E-state index contributed by atoms with van der Waals surface area (Å²) in [7, 11) is 0. The van der Waals surface area contributed by atoms with Gasteiger partial charge in [-0.05, 0) is 67.0 Å². The average molecular weight is 455 g/mol. The van der Waals surface area contributed by atoms with Gasteiger partial charge in [0.05, 0.1) is 12.3 Å². The number of carboxylic acid groups (broad SMARTS) is 1. The maximum absolute atomic E-state index is 13.1. The van der Waals surface area contributed by atoms with Crippen LogP contribution in [0.25, 0.3) is 6.08 Å². The predicted molar refractivity (Wildman–Crippen MR) is 123 cm³/mol. The Balaban J connectivity index is 1.94. The lowest BCUT2D eigenvalue weighted by atomic mass is 10.1. The number of anilines is 1. The highest BCUT2D eigenvalue weighted by molar-refractivity contribution is 7.80. The number of hydrogen-bond acceptors (Lipinski definition) is 6. The van der Waals surface area contributed by atoms with Crippen molar-refractivity contribution in [2.75, 3.05) is 18.1 Å². The van der Waals surface area contributed by atoms with Gasteiger partial charge in [0, 0.05) is 0 Å². The molecule has 0 aromatic heterocycles. The summed E-state index contributed by atoms with van der Waals surface area (Å²) in [6.45, 7) is 3.59. The zero-order valence-corrected chi connectivity index (χ0v) is 18.4. The standard InChI is InChI=1S/C23H22N2O6S/c1-3-14-5-8-16(9-6-14)25-22(29)17(21(28)24-23(25)32)11-15-7-10-18(31-13-20(26)27)19(12-15)30-4-2/h5-12H,3-4,13H2,1-2H3,(H,26,27)(H,24,28,32)/b17-11+. The zero-order valence-electron chi connectivity index (χ0n) is 17.6. The highest BCUT2D eigenvalue weighted by atomic mass is 32.1. The van der Waals surface area contributed by atoms with E-state index >= 15 is 0 Å². The molecule has 2 aromatic carbocycles. The highest BCUT2D eigenvalue weighted by Crippen LogP contribution is 2.30. The van der Waals surface area contributed by atoms with Crippen LogP contribution in [0.3, 0.4) is 0 Å². The molecule has 1 aliphatic heterocycles. The molecule has 2 aromatic rings. The van der Waals surface area contributed by atoms with E-state index in [2.05, 4.69) is 5.32 Å². The van der Waals surface area contributed by atoms with Crippen LogP contribution in [0.2, 0.25) is 0 Å². The Kier molecular flexibility index (Phi) is 7.21. The minimum Gasteiger partial charge on any atom is -0.490 e. The maximum atomic E-state index is 13.1. The van der Waals surface area contributed by atoms with E-state index in [-0.39, 0.29) is 16.4 Å². The van der Waals surface area contributed by atoms with Crippen LogP contribution in [0.4, 0.5) is 5.69 Å². The summed E-state index contributed by atoms with van der Waals surface area (Å²) in [5.41, 5.74) is 2.07. The molecule has 2 N–H and O–H groups in total. The molecule has 0 saturated carbocycles. The number of carbonyl (C=O) groups excluding carboxylic acids is 2. The summed E-state index contributed by atoms with van der Waals surface area (Å²) in [6, 6.07) is 12.0. The van der Waals surface area contributed by atoms with Crippen molar-refractivity contribution in [2.24, 2.45) is 0 Å². The molecule has 0 bridgehead atoms. The fourth-order valence-electron chi connectivity index (χ4n) is 3.08. The maximum Gasteiger partial charge on any atom is 0.341 e. The topological polar surface area (TPSA) is 105 Å². The zero-order chi connectivity index (χ0) is 23.3. The Morgan fingerprint density at radius 1 is 1.09 bits per heavy atom. The van der Waals surface area contributed by atoms with Gasteiger partial charge < -0.3 is 14.6 Å². The van der Waals surface area contributed by atoms with Crippen molar-refractivity contribution in [1.82, 2.24) is 5.32 Å². The Hall–Kier alpha value is -3.72. The second kappa shape index (κ2) is 10.1. The van der Waals surface area contributed by atoms with Gasteiger partial charge in [0.2, 0.25) is 0 Å². The first-order chi connectivity index (χ1) is 15.3. The molecule has 1 aliphatic rings. The number of carbonyl (C=O) groups is 3. The van der Waals surface area contributed by atoms with Crippen LogP contribution in [0.5, 0.6) is 11.5 Å². The van der Waals surface area contributed by atoms with Gasteiger partial charge in [-0.1, -0.05) is 25.1 Å². The van der Waals surface area contributed by atoms with E-state index in [1.54, 1.807) is 31.2 Å². The lowest BCUT2D eigenvalue weighted by Gasteiger charge is -2.29. The second-order valence-corrected chi connectivity index (χ2v) is 7.19. The molecule has 0 unspecified atom stereocenters. The van der Waals surface area contributed by atoms with Crippen LogP contribution in [0.1, 0.15) is 25.0 Å². The molecular formula is C23H22N2O6S. The van der Waals surface area contributed by atoms with Crippen molar-refractivity contribution in [2.45, 2.75) is 20.3 Å². The van der Waals surface area contributed by atoms with Crippen molar-refractivity contribution in [1.29, 1.82) is 0 Å². The fourth-order valence-corrected chi connectivity index (χ4v) is 3.36. The molecule has 0 radical (unpaired) electrons. The number of nitrogens with zero attached hydrogens (tertiary/aromatic N) is 1. The number of carboxylic acids is 1. The van der Waals surface area contributed by atoms with Crippen LogP contribution < -0.4 is 19.7 Å². The normalized spacial score (nSPS) is 15.0. The third kappa shape index (κ3) is 5.12. The molecule has 0 aliphatic carbocycles. The van der Waals surface area contributed by atoms with Crippen molar-refractivity contribution in [3.63, 3.8) is 0 Å². The van der Waals surface area contributed by atoms with Crippen LogP contribution in [-0.4, -0.2) is 41.2 Å². The van der Waals surface area contributed by atoms with E-state index in [0.29, 0.717) is 23.6 Å². The quantitative estimate of drug-likeness (QED) is 0.359. The summed E-state index contributed by atoms with van der Waals surface area (Å²) in [5, 5.41) is 11.4. The number of hydrogen-bond donors (Lipinski definition) is 2. The lowest BCUT2D eigenvalue weighted by Crippen LogP contribution is -2.54. The van der Waals surface area contributed by atoms with E-state index in [1.807, 2.05) is 19.1 Å². The van der Waals surface area contributed by atoms with E-state index in [9.17, 15) is 14.4 Å². The number of thiocarbonyl (C=S) groups is 1. The summed E-state index contributed by atoms with van der Waals surface area (Å²) < 4.78 is 10.7. The highest BCUT2D eigenvalue weighted by Gasteiger charge is 2.34. The molecule has 32 heavy (non-hydrogen) atoms. The van der Waals surface area contributed by atoms with Gasteiger partial charge in [-0.2, -0.15) is 0 Å². The molecular weight excluding hydrogens is 432 g/mol. The molecule has 2 amide bonds. The molecule has 166 valence electrons. The van der Waals surface area contributed by atoms with Crippen molar-refractivity contribution < 1.29 is 29.0 Å². The van der Waals surface area contributed by atoms with E-state index < -0.39 is 24.4 Å². The largest absolute Gasteiger partial charge is 0.490 e. The van der Waals surface area contributed by atoms with Gasteiger partial charge in [0.1, 0.15) is 5.57 Å². The van der Waals surface area contributed by atoms with E-state index in [0.717, 1.165) is 12.0 Å². The van der Waals surface area contributed by atoms with Gasteiger partial charge >= 0.3 is 5.97 Å². The van der Waals surface area contributed by atoms with Crippen LogP contribution >= 0.6 is 12.2 Å². The average Bonchev–Trinajstić information content (AvgIpc) is 2.76. The number of aryl methyl sites for hydroxylation is 1. The van der Waals surface area contributed by atoms with Gasteiger partial charge in [-0.3, -0.25) is 19.8 Å². The monoisotopic (exact) mass is 454 g/mol. The third-order valence-electron chi connectivity index (χ3n) is 4.63. The van der Waals surface area contributed by atoms with Crippen LogP contribution in [0, 0.1) is 0 Å². The number of aliphatic carboxylic acids is 1. The first-order valence-electron chi connectivity index (χ1n) is 9.95. The summed E-state index contributed by atoms with van der Waals surface area (Å²) in [4.78, 5) is 37.7. The summed E-state index contributed by atoms with van der Waals surface area (Å²) >= 11 is 5.23. The van der Waals surface area contributed by atoms with Gasteiger partial charge in [0.15, 0.2) is 23.2 Å². The number of ether oxygens (including phenoxy) is 2. The number of rotatable bonds is 8. The van der Waals surface area contributed by atoms with Gasteiger partial charge in [0.25, 0.3) is 11.8 Å². The molecule has 1 heterocycles. The summed E-state index contributed by atoms with van der Waals surface area (Å²) in [5.74, 6) is -1.73. The van der Waals surface area contributed by atoms with Crippen LogP contribution in [0.15, 0.2) is 48.0 Å². The SMILES string of the molecule is CCOc1cc(/C=C2\C(=O)NC(=S)N(c3ccc(CC)cc3)C2=O)ccc1OCC(=O)O. The lowest BCUT2D eigenvalue weighted by molar-refractivity contribution is -0.139. The van der Waals surface area contributed by atoms with Crippen molar-refractivity contribution in [3.05, 3.63) is 59.2 Å². The molecule has 1 saturated heterocycles. The number of nitrogens with one attached hydrogen (secondary N) is 1. The Bertz CT molecular complexity index is 1090. The van der Waals surface area contributed by atoms with Gasteiger partial charge in [-0.25, -0.2) is 4.79 Å². The smallest absolute Gasteiger partial charge is 0.341 e. The van der Waals surface area contributed by atoms with Crippen molar-refractivity contribution >= 4 is 46.9 Å². The molecule has 3 rings (SSSR count). The van der Waals surface area contributed by atoms with E-state index in [1.165, 1.54) is 17.0 Å². The summed E-state index contributed by atoms with van der Waals surface area (Å²) in [6.07, 6.45) is 2.28. The predicted octanol–water partition coefficient (Wildman–Crippen LogP) is 2.94. The fraction of sp³-hybridized carbons (Fsp3) is 0.217. The second-order valence-electron chi connectivity index (χ2n) is 6.80. The Morgan fingerprint density at radius 3 is 2.44 bits per heavy atom. The number of benzene rings is 2. The minimum absolute atomic E-state index is 0.00817. The third-order valence-corrected chi connectivity index (χ3v) is 4.92. The Morgan fingerprint density at radius 2 is 1.81 bits per heavy atom. The number of amides is 2. The molecule has 8 nitrogen and oxygen atoms in total. The first kappa shape index (κ1) is 23.0. The Labute approximate surface area is 190 Å².